The van der Waals surface area contributed by atoms with Crippen LogP contribution in [-0.4, -0.2) is 40.1 Å². The molecular formula is C17H17NO6S. The Bertz CT molecular complexity index is 892. The SMILES string of the molecule is COc1cccc(C(=O)COC(=O)c2cccc(NS(C)(=O)=O)c2)c1. The molecule has 0 amide bonds. The van der Waals surface area contributed by atoms with Crippen molar-refractivity contribution in [2.45, 2.75) is 0 Å². The Morgan fingerprint density at radius 2 is 1.72 bits per heavy atom. The summed E-state index contributed by atoms with van der Waals surface area (Å²) in [4.78, 5) is 24.1. The summed E-state index contributed by atoms with van der Waals surface area (Å²) in [6, 6.07) is 12.3. The van der Waals surface area contributed by atoms with Gasteiger partial charge in [0.2, 0.25) is 10.0 Å². The van der Waals surface area contributed by atoms with Crippen LogP contribution in [0, 0.1) is 0 Å². The molecule has 8 heteroatoms. The molecule has 2 aromatic rings. The van der Waals surface area contributed by atoms with Crippen molar-refractivity contribution in [1.82, 2.24) is 0 Å². The number of sulfonamides is 1. The number of anilines is 1. The lowest BCUT2D eigenvalue weighted by Gasteiger charge is -2.08. The molecule has 0 aliphatic carbocycles. The number of ether oxygens (including phenoxy) is 2. The summed E-state index contributed by atoms with van der Waals surface area (Å²) in [7, 11) is -1.97. The van der Waals surface area contributed by atoms with E-state index in [1.54, 1.807) is 24.3 Å². The Kier molecular flexibility index (Phi) is 5.76. The van der Waals surface area contributed by atoms with Crippen LogP contribution in [0.5, 0.6) is 5.75 Å². The quantitative estimate of drug-likeness (QED) is 0.597. The molecule has 7 nitrogen and oxygen atoms in total. The summed E-state index contributed by atoms with van der Waals surface area (Å²) in [6.45, 7) is -0.435. The maximum absolute atomic E-state index is 12.1. The summed E-state index contributed by atoms with van der Waals surface area (Å²) < 4.78 is 34.7. The standard InChI is InChI=1S/C17H17NO6S/c1-23-15-8-4-5-12(10-15)16(19)11-24-17(20)13-6-3-7-14(9-13)18-25(2,21)22/h3-10,18H,11H2,1-2H3. The number of rotatable bonds is 7. The number of carbonyl (C=O) groups is 2. The van der Waals surface area contributed by atoms with Gasteiger partial charge in [-0.25, -0.2) is 13.2 Å². The van der Waals surface area contributed by atoms with E-state index in [-0.39, 0.29) is 17.0 Å². The van der Waals surface area contributed by atoms with Crippen molar-refractivity contribution in [3.63, 3.8) is 0 Å². The first-order valence-corrected chi connectivity index (χ1v) is 9.10. The summed E-state index contributed by atoms with van der Waals surface area (Å²) >= 11 is 0. The van der Waals surface area contributed by atoms with Crippen molar-refractivity contribution in [3.8, 4) is 5.75 Å². The molecule has 0 fully saturated rings. The second kappa shape index (κ2) is 7.80. The molecule has 2 aromatic carbocycles. The smallest absolute Gasteiger partial charge is 0.338 e. The van der Waals surface area contributed by atoms with E-state index in [9.17, 15) is 18.0 Å². The highest BCUT2D eigenvalue weighted by atomic mass is 32.2. The number of carbonyl (C=O) groups excluding carboxylic acids is 2. The van der Waals surface area contributed by atoms with E-state index >= 15 is 0 Å². The second-order valence-corrected chi connectivity index (χ2v) is 6.93. The highest BCUT2D eigenvalue weighted by Crippen LogP contribution is 2.15. The molecule has 0 spiro atoms. The molecule has 132 valence electrons. The van der Waals surface area contributed by atoms with Gasteiger partial charge >= 0.3 is 5.97 Å². The highest BCUT2D eigenvalue weighted by Gasteiger charge is 2.13. The van der Waals surface area contributed by atoms with Crippen LogP contribution in [0.15, 0.2) is 48.5 Å². The van der Waals surface area contributed by atoms with Crippen LogP contribution in [0.3, 0.4) is 0 Å². The van der Waals surface area contributed by atoms with Crippen molar-refractivity contribution in [1.29, 1.82) is 0 Å². The van der Waals surface area contributed by atoms with E-state index in [1.165, 1.54) is 31.4 Å². The first-order valence-electron chi connectivity index (χ1n) is 7.21. The number of benzene rings is 2. The van der Waals surface area contributed by atoms with Crippen LogP contribution in [0.25, 0.3) is 0 Å². The van der Waals surface area contributed by atoms with Crippen LogP contribution in [0.4, 0.5) is 5.69 Å². The molecular weight excluding hydrogens is 346 g/mol. The van der Waals surface area contributed by atoms with Gasteiger partial charge in [0.25, 0.3) is 0 Å². The van der Waals surface area contributed by atoms with Crippen molar-refractivity contribution in [2.24, 2.45) is 0 Å². The van der Waals surface area contributed by atoms with Crippen LogP contribution in [-0.2, 0) is 14.8 Å². The van der Waals surface area contributed by atoms with E-state index in [0.717, 1.165) is 6.26 Å². The number of hydrogen-bond donors (Lipinski definition) is 1. The van der Waals surface area contributed by atoms with Crippen LogP contribution >= 0.6 is 0 Å². The van der Waals surface area contributed by atoms with Gasteiger partial charge in [0, 0.05) is 11.3 Å². The third kappa shape index (κ3) is 5.61. The number of ketones is 1. The first kappa shape index (κ1) is 18.5. The molecule has 0 aliphatic rings. The zero-order chi connectivity index (χ0) is 18.4. The number of methoxy groups -OCH3 is 1. The minimum atomic E-state index is -3.46. The molecule has 0 aliphatic heterocycles. The number of nitrogens with one attached hydrogen (secondary N) is 1. The summed E-state index contributed by atoms with van der Waals surface area (Å²) in [5, 5.41) is 0. The van der Waals surface area contributed by atoms with Crippen molar-refractivity contribution >= 4 is 27.5 Å². The predicted octanol–water partition coefficient (Wildman–Crippen LogP) is 2.11. The molecule has 0 atom stereocenters. The Balaban J connectivity index is 2.02. The average Bonchev–Trinajstić information content (AvgIpc) is 2.58. The number of hydrogen-bond acceptors (Lipinski definition) is 6. The van der Waals surface area contributed by atoms with Crippen molar-refractivity contribution in [3.05, 3.63) is 59.7 Å². The van der Waals surface area contributed by atoms with Gasteiger partial charge < -0.3 is 9.47 Å². The van der Waals surface area contributed by atoms with Gasteiger partial charge in [-0.2, -0.15) is 0 Å². The largest absolute Gasteiger partial charge is 0.497 e. The van der Waals surface area contributed by atoms with Gasteiger partial charge in [-0.05, 0) is 30.3 Å². The normalized spacial score (nSPS) is 10.8. The molecule has 25 heavy (non-hydrogen) atoms. The van der Waals surface area contributed by atoms with Crippen LogP contribution in [0.2, 0.25) is 0 Å². The van der Waals surface area contributed by atoms with Gasteiger partial charge in [0.1, 0.15) is 5.75 Å². The molecule has 1 N–H and O–H groups in total. The first-order chi connectivity index (χ1) is 11.8. The molecule has 2 rings (SSSR count). The lowest BCUT2D eigenvalue weighted by molar-refractivity contribution is 0.0475. The molecule has 0 heterocycles. The number of Topliss-reactive ketones (excluding diaryl/α,β-unsaturated/α-hetero) is 1. The molecule has 0 bridgehead atoms. The molecule has 0 unspecified atom stereocenters. The molecule has 0 aromatic heterocycles. The maximum Gasteiger partial charge on any atom is 0.338 e. The Labute approximate surface area is 145 Å². The average molecular weight is 363 g/mol. The topological polar surface area (TPSA) is 98.8 Å². The third-order valence-corrected chi connectivity index (χ3v) is 3.73. The maximum atomic E-state index is 12.1. The van der Waals surface area contributed by atoms with Gasteiger partial charge in [0.05, 0.1) is 18.9 Å². The van der Waals surface area contributed by atoms with E-state index in [2.05, 4.69) is 4.72 Å². The summed E-state index contributed by atoms with van der Waals surface area (Å²) in [5.41, 5.74) is 0.725. The fourth-order valence-corrected chi connectivity index (χ4v) is 2.57. The second-order valence-electron chi connectivity index (χ2n) is 5.19. The summed E-state index contributed by atoms with van der Waals surface area (Å²) in [6.07, 6.45) is 1.00. The van der Waals surface area contributed by atoms with Gasteiger partial charge in [-0.1, -0.05) is 18.2 Å². The van der Waals surface area contributed by atoms with Gasteiger partial charge in [-0.15, -0.1) is 0 Å². The monoisotopic (exact) mass is 363 g/mol. The van der Waals surface area contributed by atoms with E-state index in [0.29, 0.717) is 11.3 Å². The molecule has 0 saturated carbocycles. The van der Waals surface area contributed by atoms with E-state index < -0.39 is 22.6 Å². The third-order valence-electron chi connectivity index (χ3n) is 3.13. The highest BCUT2D eigenvalue weighted by molar-refractivity contribution is 7.92. The predicted molar refractivity (Wildman–Crippen MR) is 92.5 cm³/mol. The fourth-order valence-electron chi connectivity index (χ4n) is 2.02. The Hall–Kier alpha value is -2.87. The van der Waals surface area contributed by atoms with E-state index in [4.69, 9.17) is 9.47 Å². The zero-order valence-electron chi connectivity index (χ0n) is 13.7. The Morgan fingerprint density at radius 3 is 2.40 bits per heavy atom. The van der Waals surface area contributed by atoms with Gasteiger partial charge in [-0.3, -0.25) is 9.52 Å². The Morgan fingerprint density at radius 1 is 1.04 bits per heavy atom. The zero-order valence-corrected chi connectivity index (χ0v) is 14.5. The lowest BCUT2D eigenvalue weighted by Crippen LogP contribution is -2.15. The summed E-state index contributed by atoms with van der Waals surface area (Å²) in [5.74, 6) is -0.581. The number of esters is 1. The molecule has 0 radical (unpaired) electrons. The van der Waals surface area contributed by atoms with Crippen molar-refractivity contribution < 1.29 is 27.5 Å². The molecule has 0 saturated heterocycles. The minimum absolute atomic E-state index is 0.132. The fraction of sp³-hybridized carbons (Fsp3) is 0.176. The van der Waals surface area contributed by atoms with Crippen LogP contribution < -0.4 is 9.46 Å². The minimum Gasteiger partial charge on any atom is -0.497 e. The van der Waals surface area contributed by atoms with Gasteiger partial charge in [0.15, 0.2) is 12.4 Å². The van der Waals surface area contributed by atoms with E-state index in [1.807, 2.05) is 0 Å². The lowest BCUT2D eigenvalue weighted by atomic mass is 10.1. The van der Waals surface area contributed by atoms with Crippen molar-refractivity contribution in [2.75, 3.05) is 24.7 Å². The van der Waals surface area contributed by atoms with Crippen LogP contribution in [0.1, 0.15) is 20.7 Å².